The van der Waals surface area contributed by atoms with Crippen LogP contribution in [0.1, 0.15) is 25.7 Å². The quantitative estimate of drug-likeness (QED) is 0.885. The van der Waals surface area contributed by atoms with Gasteiger partial charge in [0.1, 0.15) is 4.88 Å². The number of carboxylic acids is 1. The van der Waals surface area contributed by atoms with Crippen LogP contribution in [0.2, 0.25) is 0 Å². The van der Waals surface area contributed by atoms with Gasteiger partial charge in [0.15, 0.2) is 0 Å². The lowest BCUT2D eigenvalue weighted by Crippen LogP contribution is -2.11. The number of rotatable bonds is 3. The van der Waals surface area contributed by atoms with Crippen LogP contribution in [0.4, 0.5) is 5.00 Å². The summed E-state index contributed by atoms with van der Waals surface area (Å²) in [6, 6.07) is 3.02. The molecule has 0 aliphatic carbocycles. The molecule has 2 heterocycles. The van der Waals surface area contributed by atoms with Crippen molar-refractivity contribution in [3.05, 3.63) is 34.5 Å². The van der Waals surface area contributed by atoms with E-state index in [0.29, 0.717) is 10.6 Å². The monoisotopic (exact) mass is 265 g/mol. The van der Waals surface area contributed by atoms with Crippen LogP contribution < -0.4 is 5.32 Å². The number of carboxylic acid groups (broad SMARTS) is 1. The van der Waals surface area contributed by atoms with E-state index in [4.69, 9.17) is 5.11 Å². The number of hydrogen-bond donors (Lipinski definition) is 2. The first kappa shape index (κ1) is 12.3. The van der Waals surface area contributed by atoms with Crippen molar-refractivity contribution in [3.8, 4) is 0 Å². The van der Waals surface area contributed by atoms with E-state index >= 15 is 0 Å². The largest absolute Gasteiger partial charge is 0.477 e. The Morgan fingerprint density at radius 2 is 2.17 bits per heavy atom. The van der Waals surface area contributed by atoms with Gasteiger partial charge in [-0.2, -0.15) is 5.10 Å². The van der Waals surface area contributed by atoms with Crippen LogP contribution in [-0.4, -0.2) is 26.8 Å². The predicted octanol–water partition coefficient (Wildman–Crippen LogP) is 1.74. The Bertz CT molecular complexity index is 615. The third kappa shape index (κ3) is 2.25. The van der Waals surface area contributed by atoms with Gasteiger partial charge in [0.2, 0.25) is 0 Å². The molecular weight excluding hydrogens is 254 g/mol. The topological polar surface area (TPSA) is 84.2 Å². The minimum Gasteiger partial charge on any atom is -0.477 e. The lowest BCUT2D eigenvalue weighted by molar-refractivity contribution is 0.0702. The number of carbonyl (C=O) groups excluding carboxylic acids is 1. The molecule has 18 heavy (non-hydrogen) atoms. The summed E-state index contributed by atoms with van der Waals surface area (Å²) in [5, 5.41) is 15.9. The number of hydrogen-bond acceptors (Lipinski definition) is 4. The first-order chi connectivity index (χ1) is 8.49. The average molecular weight is 265 g/mol. The Hall–Kier alpha value is -2.15. The maximum absolute atomic E-state index is 11.9. The van der Waals surface area contributed by atoms with E-state index < -0.39 is 5.97 Å². The number of nitrogens with one attached hydrogen (secondary N) is 1. The van der Waals surface area contributed by atoms with E-state index in [0.717, 1.165) is 17.0 Å². The molecule has 6 nitrogen and oxygen atoms in total. The van der Waals surface area contributed by atoms with Crippen LogP contribution in [0.25, 0.3) is 0 Å². The molecule has 0 aliphatic heterocycles. The van der Waals surface area contributed by atoms with Gasteiger partial charge >= 0.3 is 5.97 Å². The van der Waals surface area contributed by atoms with Crippen LogP contribution in [0.3, 0.4) is 0 Å². The summed E-state index contributed by atoms with van der Waals surface area (Å²) in [4.78, 5) is 22.8. The van der Waals surface area contributed by atoms with Crippen molar-refractivity contribution in [3.63, 3.8) is 0 Å². The molecule has 1 amide bonds. The van der Waals surface area contributed by atoms with Crippen molar-refractivity contribution >= 4 is 28.2 Å². The third-order valence-corrected chi connectivity index (χ3v) is 3.52. The Labute approximate surface area is 107 Å². The Morgan fingerprint density at radius 3 is 2.67 bits per heavy atom. The van der Waals surface area contributed by atoms with Crippen LogP contribution in [0.15, 0.2) is 18.3 Å². The molecule has 2 aromatic rings. The van der Waals surface area contributed by atoms with Gasteiger partial charge in [-0.3, -0.25) is 9.48 Å². The van der Waals surface area contributed by atoms with E-state index in [1.807, 2.05) is 0 Å². The lowest BCUT2D eigenvalue weighted by Gasteiger charge is -2.01. The van der Waals surface area contributed by atoms with Crippen LogP contribution in [0.5, 0.6) is 0 Å². The summed E-state index contributed by atoms with van der Waals surface area (Å²) in [5.41, 5.74) is 1.23. The summed E-state index contributed by atoms with van der Waals surface area (Å²) in [6.07, 6.45) is 1.48. The van der Waals surface area contributed by atoms with Gasteiger partial charge in [-0.15, -0.1) is 11.3 Å². The first-order valence-corrected chi connectivity index (χ1v) is 5.93. The molecule has 94 valence electrons. The molecule has 0 bridgehead atoms. The summed E-state index contributed by atoms with van der Waals surface area (Å²) in [7, 11) is 1.75. The third-order valence-electron chi connectivity index (χ3n) is 2.53. The minimum atomic E-state index is -1.00. The van der Waals surface area contributed by atoms with E-state index in [2.05, 4.69) is 10.4 Å². The van der Waals surface area contributed by atoms with Crippen molar-refractivity contribution < 1.29 is 14.7 Å². The number of aromatic nitrogens is 2. The molecule has 0 atom stereocenters. The smallest absolute Gasteiger partial charge is 0.345 e. The Morgan fingerprint density at radius 1 is 1.44 bits per heavy atom. The fourth-order valence-electron chi connectivity index (χ4n) is 1.42. The van der Waals surface area contributed by atoms with Crippen molar-refractivity contribution in [2.24, 2.45) is 7.05 Å². The normalized spacial score (nSPS) is 10.3. The molecule has 0 aliphatic rings. The summed E-state index contributed by atoms with van der Waals surface area (Å²) >= 11 is 1.02. The number of anilines is 1. The van der Waals surface area contributed by atoms with E-state index in [1.54, 1.807) is 24.7 Å². The number of amides is 1. The second-order valence-corrected chi connectivity index (χ2v) is 4.77. The highest BCUT2D eigenvalue weighted by Crippen LogP contribution is 2.22. The molecular formula is C11H11N3O3S. The zero-order chi connectivity index (χ0) is 13.3. The number of thiophene rings is 1. The molecule has 7 heteroatoms. The zero-order valence-electron chi connectivity index (χ0n) is 9.80. The number of nitrogens with zero attached hydrogens (tertiary/aromatic N) is 2. The maximum atomic E-state index is 11.9. The molecule has 0 saturated heterocycles. The van der Waals surface area contributed by atoms with Crippen LogP contribution in [0, 0.1) is 6.92 Å². The summed E-state index contributed by atoms with van der Waals surface area (Å²) in [6.45, 7) is 1.79. The molecule has 0 fully saturated rings. The Kier molecular flexibility index (Phi) is 3.15. The van der Waals surface area contributed by atoms with Gasteiger partial charge in [-0.05, 0) is 19.1 Å². The van der Waals surface area contributed by atoms with E-state index in [9.17, 15) is 9.59 Å². The minimum absolute atomic E-state index is 0.188. The van der Waals surface area contributed by atoms with Gasteiger partial charge in [-0.1, -0.05) is 0 Å². The lowest BCUT2D eigenvalue weighted by atomic mass is 10.2. The van der Waals surface area contributed by atoms with Crippen molar-refractivity contribution in [1.82, 2.24) is 9.78 Å². The standard InChI is InChI=1S/C11H11N3O3S/c1-6-7(5-12-14(6)2)10(15)13-9-4-3-8(18-9)11(16)17/h3-5H,1-2H3,(H,13,15)(H,16,17). The van der Waals surface area contributed by atoms with Gasteiger partial charge in [0.05, 0.1) is 16.8 Å². The zero-order valence-corrected chi connectivity index (χ0v) is 10.6. The molecule has 0 unspecified atom stereocenters. The predicted molar refractivity (Wildman–Crippen MR) is 67.2 cm³/mol. The van der Waals surface area contributed by atoms with Crippen molar-refractivity contribution in [2.45, 2.75) is 6.92 Å². The van der Waals surface area contributed by atoms with Gasteiger partial charge in [-0.25, -0.2) is 4.79 Å². The summed E-state index contributed by atoms with van der Waals surface area (Å²) in [5.74, 6) is -1.29. The highest BCUT2D eigenvalue weighted by atomic mass is 32.1. The molecule has 0 aromatic carbocycles. The number of aryl methyl sites for hydroxylation is 1. The fraction of sp³-hybridized carbons (Fsp3) is 0.182. The highest BCUT2D eigenvalue weighted by molar-refractivity contribution is 7.18. The molecule has 0 radical (unpaired) electrons. The maximum Gasteiger partial charge on any atom is 0.345 e. The first-order valence-electron chi connectivity index (χ1n) is 5.12. The fourth-order valence-corrected chi connectivity index (χ4v) is 2.16. The van der Waals surface area contributed by atoms with E-state index in [1.165, 1.54) is 12.3 Å². The van der Waals surface area contributed by atoms with Gasteiger partial charge in [0, 0.05) is 12.7 Å². The second kappa shape index (κ2) is 4.61. The van der Waals surface area contributed by atoms with Crippen molar-refractivity contribution in [1.29, 1.82) is 0 Å². The SMILES string of the molecule is Cc1c(C(=O)Nc2ccc(C(=O)O)s2)cnn1C. The molecule has 0 spiro atoms. The summed E-state index contributed by atoms with van der Waals surface area (Å²) < 4.78 is 1.60. The highest BCUT2D eigenvalue weighted by Gasteiger charge is 2.14. The average Bonchev–Trinajstić information content (AvgIpc) is 2.88. The van der Waals surface area contributed by atoms with Gasteiger partial charge < -0.3 is 10.4 Å². The molecule has 2 rings (SSSR count). The van der Waals surface area contributed by atoms with Crippen LogP contribution >= 0.6 is 11.3 Å². The van der Waals surface area contributed by atoms with E-state index in [-0.39, 0.29) is 10.8 Å². The van der Waals surface area contributed by atoms with Crippen molar-refractivity contribution in [2.75, 3.05) is 5.32 Å². The number of carbonyl (C=O) groups is 2. The molecule has 2 N–H and O–H groups in total. The van der Waals surface area contributed by atoms with Crippen LogP contribution in [-0.2, 0) is 7.05 Å². The molecule has 2 aromatic heterocycles. The Balaban J connectivity index is 2.16. The van der Waals surface area contributed by atoms with Gasteiger partial charge in [0.25, 0.3) is 5.91 Å². The second-order valence-electron chi connectivity index (χ2n) is 3.69. The molecule has 0 saturated carbocycles. The number of aromatic carboxylic acids is 1.